The third kappa shape index (κ3) is 1.75. The molecule has 4 nitrogen and oxygen atoms in total. The summed E-state index contributed by atoms with van der Waals surface area (Å²) in [7, 11) is 0. The highest BCUT2D eigenvalue weighted by molar-refractivity contribution is 4.95. The molecule has 1 aliphatic rings. The Kier molecular flexibility index (Phi) is 2.38. The fourth-order valence-corrected chi connectivity index (χ4v) is 1.36. The topological polar surface area (TPSA) is 62.5 Å². The van der Waals surface area contributed by atoms with Gasteiger partial charge in [-0.2, -0.15) is 5.26 Å². The monoisotopic (exact) mass is 171 g/mol. The van der Waals surface area contributed by atoms with E-state index in [1.165, 1.54) is 0 Å². The molecule has 1 N–H and O–H groups in total. The SMILES string of the molecule is C[C@@H]1OC(C)(C)O[C@@H]1[C@@H](O)C#N. The normalized spacial score (nSPS) is 35.9. The van der Waals surface area contributed by atoms with Gasteiger partial charge in [-0.05, 0) is 20.8 Å². The zero-order valence-electron chi connectivity index (χ0n) is 7.44. The quantitative estimate of drug-likeness (QED) is 0.580. The van der Waals surface area contributed by atoms with Gasteiger partial charge in [0.05, 0.1) is 12.2 Å². The van der Waals surface area contributed by atoms with Crippen LogP contribution in [0.5, 0.6) is 0 Å². The predicted octanol–water partition coefficient (Wildman–Crippen LogP) is 0.411. The average molecular weight is 171 g/mol. The molecule has 0 aromatic rings. The Morgan fingerprint density at radius 3 is 2.42 bits per heavy atom. The highest BCUT2D eigenvalue weighted by Gasteiger charge is 2.42. The van der Waals surface area contributed by atoms with Crippen molar-refractivity contribution in [2.24, 2.45) is 0 Å². The van der Waals surface area contributed by atoms with Crippen LogP contribution in [0.3, 0.4) is 0 Å². The number of aliphatic hydroxyl groups is 1. The first kappa shape index (κ1) is 9.46. The summed E-state index contributed by atoms with van der Waals surface area (Å²) in [5, 5.41) is 17.6. The van der Waals surface area contributed by atoms with E-state index in [9.17, 15) is 5.11 Å². The lowest BCUT2D eigenvalue weighted by molar-refractivity contribution is -0.151. The minimum Gasteiger partial charge on any atom is -0.375 e. The second-order valence-corrected chi connectivity index (χ2v) is 3.38. The molecule has 0 unspecified atom stereocenters. The zero-order chi connectivity index (χ0) is 9.35. The first-order valence-electron chi connectivity index (χ1n) is 3.89. The number of hydrogen-bond donors (Lipinski definition) is 1. The van der Waals surface area contributed by atoms with Crippen LogP contribution in [0.2, 0.25) is 0 Å². The van der Waals surface area contributed by atoms with Crippen molar-refractivity contribution in [1.29, 1.82) is 5.26 Å². The van der Waals surface area contributed by atoms with Gasteiger partial charge in [0.1, 0.15) is 6.10 Å². The number of hydrogen-bond acceptors (Lipinski definition) is 4. The predicted molar refractivity (Wildman–Crippen MR) is 41.1 cm³/mol. The smallest absolute Gasteiger partial charge is 0.169 e. The molecule has 0 amide bonds. The van der Waals surface area contributed by atoms with Gasteiger partial charge in [-0.25, -0.2) is 0 Å². The Morgan fingerprint density at radius 1 is 1.50 bits per heavy atom. The first-order chi connectivity index (χ1) is 5.46. The third-order valence-electron chi connectivity index (χ3n) is 1.80. The van der Waals surface area contributed by atoms with E-state index in [1.54, 1.807) is 26.8 Å². The lowest BCUT2D eigenvalue weighted by atomic mass is 10.1. The van der Waals surface area contributed by atoms with Gasteiger partial charge in [-0.15, -0.1) is 0 Å². The Morgan fingerprint density at radius 2 is 2.08 bits per heavy atom. The van der Waals surface area contributed by atoms with Crippen molar-refractivity contribution in [2.45, 2.75) is 44.9 Å². The molecule has 0 spiro atoms. The van der Waals surface area contributed by atoms with Crippen LogP contribution in [-0.4, -0.2) is 29.2 Å². The molecule has 4 heteroatoms. The minimum atomic E-state index is -1.11. The maximum atomic E-state index is 9.19. The summed E-state index contributed by atoms with van der Waals surface area (Å²) in [6.07, 6.45) is -1.89. The van der Waals surface area contributed by atoms with Crippen molar-refractivity contribution >= 4 is 0 Å². The summed E-state index contributed by atoms with van der Waals surface area (Å²) in [6.45, 7) is 5.29. The molecule has 12 heavy (non-hydrogen) atoms. The summed E-state index contributed by atoms with van der Waals surface area (Å²) in [5.74, 6) is -0.693. The fourth-order valence-electron chi connectivity index (χ4n) is 1.36. The fraction of sp³-hybridized carbons (Fsp3) is 0.875. The number of ether oxygens (including phenoxy) is 2. The van der Waals surface area contributed by atoms with Gasteiger partial charge in [-0.1, -0.05) is 0 Å². The Hall–Kier alpha value is -0.630. The lowest BCUT2D eigenvalue weighted by Gasteiger charge is -2.17. The van der Waals surface area contributed by atoms with Crippen LogP contribution in [0.15, 0.2) is 0 Å². The number of rotatable bonds is 1. The summed E-state index contributed by atoms with van der Waals surface area (Å²) >= 11 is 0. The van der Waals surface area contributed by atoms with E-state index >= 15 is 0 Å². The van der Waals surface area contributed by atoms with Crippen LogP contribution in [0.4, 0.5) is 0 Å². The Bertz CT molecular complexity index is 209. The van der Waals surface area contributed by atoms with E-state index in [0.717, 1.165) is 0 Å². The molecule has 68 valence electrons. The maximum absolute atomic E-state index is 9.19. The Balaban J connectivity index is 2.65. The van der Waals surface area contributed by atoms with Crippen molar-refractivity contribution in [3.63, 3.8) is 0 Å². The summed E-state index contributed by atoms with van der Waals surface area (Å²) in [4.78, 5) is 0. The van der Waals surface area contributed by atoms with E-state index < -0.39 is 18.0 Å². The van der Waals surface area contributed by atoms with Gasteiger partial charge in [0.2, 0.25) is 0 Å². The minimum absolute atomic E-state index is 0.241. The zero-order valence-corrected chi connectivity index (χ0v) is 7.44. The molecular weight excluding hydrogens is 158 g/mol. The molecule has 0 aromatic carbocycles. The van der Waals surface area contributed by atoms with Crippen LogP contribution < -0.4 is 0 Å². The van der Waals surface area contributed by atoms with E-state index in [4.69, 9.17) is 14.7 Å². The second-order valence-electron chi connectivity index (χ2n) is 3.38. The first-order valence-corrected chi connectivity index (χ1v) is 3.89. The van der Waals surface area contributed by atoms with E-state index in [2.05, 4.69) is 0 Å². The summed E-state index contributed by atoms with van der Waals surface area (Å²) in [6, 6.07) is 1.73. The van der Waals surface area contributed by atoms with E-state index in [-0.39, 0.29) is 6.10 Å². The van der Waals surface area contributed by atoms with Crippen molar-refractivity contribution in [2.75, 3.05) is 0 Å². The maximum Gasteiger partial charge on any atom is 0.169 e. The molecule has 0 bridgehead atoms. The third-order valence-corrected chi connectivity index (χ3v) is 1.80. The molecule has 0 aromatic heterocycles. The van der Waals surface area contributed by atoms with Gasteiger partial charge >= 0.3 is 0 Å². The highest BCUT2D eigenvalue weighted by atomic mass is 16.8. The van der Waals surface area contributed by atoms with Crippen LogP contribution in [-0.2, 0) is 9.47 Å². The van der Waals surface area contributed by atoms with E-state index in [1.807, 2.05) is 0 Å². The highest BCUT2D eigenvalue weighted by Crippen LogP contribution is 2.29. The second kappa shape index (κ2) is 3.02. The summed E-state index contributed by atoms with van der Waals surface area (Å²) in [5.41, 5.74) is 0. The van der Waals surface area contributed by atoms with Crippen molar-refractivity contribution in [1.82, 2.24) is 0 Å². The molecule has 3 atom stereocenters. The molecule has 1 rings (SSSR count). The van der Waals surface area contributed by atoms with Crippen molar-refractivity contribution in [3.8, 4) is 6.07 Å². The molecule has 1 fully saturated rings. The van der Waals surface area contributed by atoms with Crippen molar-refractivity contribution in [3.05, 3.63) is 0 Å². The van der Waals surface area contributed by atoms with E-state index in [0.29, 0.717) is 0 Å². The largest absolute Gasteiger partial charge is 0.375 e. The molecule has 0 radical (unpaired) electrons. The molecule has 1 aliphatic heterocycles. The molecule has 0 saturated carbocycles. The van der Waals surface area contributed by atoms with Crippen LogP contribution >= 0.6 is 0 Å². The van der Waals surface area contributed by atoms with Crippen LogP contribution in [0.25, 0.3) is 0 Å². The van der Waals surface area contributed by atoms with Gasteiger partial charge in [0.15, 0.2) is 11.9 Å². The van der Waals surface area contributed by atoms with Gasteiger partial charge < -0.3 is 14.6 Å². The van der Waals surface area contributed by atoms with Crippen LogP contribution in [0, 0.1) is 11.3 Å². The number of nitriles is 1. The number of nitrogens with zero attached hydrogens (tertiary/aromatic N) is 1. The van der Waals surface area contributed by atoms with Crippen molar-refractivity contribution < 1.29 is 14.6 Å². The molecular formula is C8H13NO3. The Labute approximate surface area is 71.7 Å². The molecule has 1 saturated heterocycles. The summed E-state index contributed by atoms with van der Waals surface area (Å²) < 4.78 is 10.7. The van der Waals surface area contributed by atoms with Crippen LogP contribution in [0.1, 0.15) is 20.8 Å². The molecule has 1 heterocycles. The average Bonchev–Trinajstić information content (AvgIpc) is 2.23. The standard InChI is InChI=1S/C8H13NO3/c1-5-7(6(10)4-9)12-8(2,3)11-5/h5-7,10H,1-3H3/t5-,6-,7-/m0/s1. The van der Waals surface area contributed by atoms with Gasteiger partial charge in [0, 0.05) is 0 Å². The lowest BCUT2D eigenvalue weighted by Crippen LogP contribution is -2.32. The van der Waals surface area contributed by atoms with Gasteiger partial charge in [0.25, 0.3) is 0 Å². The van der Waals surface area contributed by atoms with Gasteiger partial charge in [-0.3, -0.25) is 0 Å². The number of aliphatic hydroxyl groups excluding tert-OH is 1. The molecule has 0 aliphatic carbocycles.